The van der Waals surface area contributed by atoms with Gasteiger partial charge in [-0.3, -0.25) is 19.4 Å². The van der Waals surface area contributed by atoms with E-state index in [0.29, 0.717) is 30.2 Å². The average Bonchev–Trinajstić information content (AvgIpc) is 2.81. The van der Waals surface area contributed by atoms with Gasteiger partial charge in [0.1, 0.15) is 18.1 Å². The van der Waals surface area contributed by atoms with E-state index in [1.807, 2.05) is 24.3 Å². The van der Waals surface area contributed by atoms with Crippen LogP contribution >= 0.6 is 0 Å². The van der Waals surface area contributed by atoms with Crippen LogP contribution in [0.1, 0.15) is 26.3 Å². The van der Waals surface area contributed by atoms with Crippen LogP contribution in [0.2, 0.25) is 0 Å². The molecule has 0 unspecified atom stereocenters. The Bertz CT molecular complexity index is 1040. The zero-order valence-corrected chi connectivity index (χ0v) is 20.1. The normalized spacial score (nSPS) is 16.8. The number of nitrogens with one attached hydrogen (secondary N) is 1. The summed E-state index contributed by atoms with van der Waals surface area (Å²) in [6, 6.07) is 12.6. The summed E-state index contributed by atoms with van der Waals surface area (Å²) in [7, 11) is 0. The summed E-state index contributed by atoms with van der Waals surface area (Å²) in [6.07, 6.45) is 0. The molecule has 2 aliphatic heterocycles. The SMILES string of the molecule is CC(C)(C)c1ccc2c(c1)N(CC(=O)NCCN1CCN(c3ccccc3F)CC1)C(=O)CO2. The van der Waals surface area contributed by atoms with Gasteiger partial charge in [0.2, 0.25) is 5.91 Å². The maximum absolute atomic E-state index is 14.0. The molecule has 4 rings (SSSR count). The summed E-state index contributed by atoms with van der Waals surface area (Å²) in [5.74, 6) is -0.00415. The van der Waals surface area contributed by atoms with E-state index in [0.717, 1.165) is 31.7 Å². The highest BCUT2D eigenvalue weighted by molar-refractivity contribution is 6.02. The first-order valence-electron chi connectivity index (χ1n) is 11.8. The van der Waals surface area contributed by atoms with Crippen LogP contribution in [-0.2, 0) is 15.0 Å². The highest BCUT2D eigenvalue weighted by Crippen LogP contribution is 2.36. The van der Waals surface area contributed by atoms with Crippen LogP contribution in [0, 0.1) is 5.82 Å². The standard InChI is InChI=1S/C26H33FN4O3/c1-26(2,3)19-8-9-23-22(16-19)31(25(33)18-34-23)17-24(32)28-10-11-29-12-14-30(15-13-29)21-7-5-4-6-20(21)27/h4-9,16H,10-15,17-18H2,1-3H3,(H,28,32). The molecule has 2 heterocycles. The van der Waals surface area contributed by atoms with Crippen molar-refractivity contribution in [3.05, 3.63) is 53.8 Å². The van der Waals surface area contributed by atoms with Crippen molar-refractivity contribution in [2.45, 2.75) is 26.2 Å². The van der Waals surface area contributed by atoms with Gasteiger partial charge in [-0.2, -0.15) is 0 Å². The minimum atomic E-state index is -0.224. The lowest BCUT2D eigenvalue weighted by Gasteiger charge is -2.36. The summed E-state index contributed by atoms with van der Waals surface area (Å²) in [5, 5.41) is 2.94. The summed E-state index contributed by atoms with van der Waals surface area (Å²) in [6.45, 7) is 10.5. The van der Waals surface area contributed by atoms with Crippen LogP contribution in [0.4, 0.5) is 15.8 Å². The Kier molecular flexibility index (Phi) is 7.07. The number of halogens is 1. The molecule has 8 heteroatoms. The number of rotatable bonds is 6. The topological polar surface area (TPSA) is 65.1 Å². The molecule has 2 aromatic rings. The lowest BCUT2D eigenvalue weighted by Crippen LogP contribution is -2.50. The minimum absolute atomic E-state index is 0.0378. The van der Waals surface area contributed by atoms with Crippen molar-refractivity contribution in [2.75, 3.05) is 62.2 Å². The molecular formula is C26H33FN4O3. The first-order valence-corrected chi connectivity index (χ1v) is 11.8. The monoisotopic (exact) mass is 468 g/mol. The molecule has 7 nitrogen and oxygen atoms in total. The number of anilines is 2. The summed E-state index contributed by atoms with van der Waals surface area (Å²) in [4.78, 5) is 31.0. The van der Waals surface area contributed by atoms with Gasteiger partial charge in [0.15, 0.2) is 6.61 Å². The number of amides is 2. The van der Waals surface area contributed by atoms with Crippen molar-refractivity contribution in [1.82, 2.24) is 10.2 Å². The lowest BCUT2D eigenvalue weighted by atomic mass is 9.86. The molecule has 0 bridgehead atoms. The molecule has 0 atom stereocenters. The third kappa shape index (κ3) is 5.50. The van der Waals surface area contributed by atoms with E-state index in [4.69, 9.17) is 4.74 Å². The molecule has 2 aliphatic rings. The fraction of sp³-hybridized carbons (Fsp3) is 0.462. The van der Waals surface area contributed by atoms with Crippen LogP contribution in [0.5, 0.6) is 5.75 Å². The van der Waals surface area contributed by atoms with Crippen LogP contribution < -0.4 is 19.9 Å². The Hall–Kier alpha value is -3.13. The van der Waals surface area contributed by atoms with Gasteiger partial charge >= 0.3 is 0 Å². The van der Waals surface area contributed by atoms with Gasteiger partial charge in [0, 0.05) is 39.3 Å². The fourth-order valence-electron chi connectivity index (χ4n) is 4.32. The molecule has 0 aliphatic carbocycles. The largest absolute Gasteiger partial charge is 0.482 e. The quantitative estimate of drug-likeness (QED) is 0.706. The lowest BCUT2D eigenvalue weighted by molar-refractivity contribution is -0.125. The minimum Gasteiger partial charge on any atom is -0.482 e. The van der Waals surface area contributed by atoms with Gasteiger partial charge in [-0.1, -0.05) is 39.0 Å². The molecule has 2 amide bonds. The highest BCUT2D eigenvalue weighted by Gasteiger charge is 2.29. The average molecular weight is 469 g/mol. The molecule has 0 aromatic heterocycles. The maximum Gasteiger partial charge on any atom is 0.265 e. The van der Waals surface area contributed by atoms with Crippen LogP contribution in [0.15, 0.2) is 42.5 Å². The van der Waals surface area contributed by atoms with Crippen LogP contribution in [-0.4, -0.2) is 69.1 Å². The number of hydrogen-bond acceptors (Lipinski definition) is 5. The van der Waals surface area contributed by atoms with E-state index < -0.39 is 0 Å². The van der Waals surface area contributed by atoms with Crippen molar-refractivity contribution in [3.8, 4) is 5.75 Å². The number of piperazine rings is 1. The molecule has 0 spiro atoms. The number of carbonyl (C=O) groups is 2. The number of benzene rings is 2. The third-order valence-electron chi connectivity index (χ3n) is 6.39. The Morgan fingerprint density at radius 2 is 1.79 bits per heavy atom. The fourth-order valence-corrected chi connectivity index (χ4v) is 4.32. The predicted octanol–water partition coefficient (Wildman–Crippen LogP) is 2.79. The molecular weight excluding hydrogens is 435 g/mol. The number of carbonyl (C=O) groups excluding carboxylic acids is 2. The Morgan fingerprint density at radius 1 is 1.06 bits per heavy atom. The van der Waals surface area contributed by atoms with Gasteiger partial charge < -0.3 is 15.0 Å². The molecule has 1 saturated heterocycles. The molecule has 2 aromatic carbocycles. The number of para-hydroxylation sites is 1. The Balaban J connectivity index is 1.27. The first kappa shape index (κ1) is 24.0. The number of hydrogen-bond donors (Lipinski definition) is 1. The van der Waals surface area contributed by atoms with E-state index in [1.165, 1.54) is 11.0 Å². The molecule has 34 heavy (non-hydrogen) atoms. The van der Waals surface area contributed by atoms with Gasteiger partial charge in [0.05, 0.1) is 11.4 Å². The molecule has 182 valence electrons. The molecule has 1 N–H and O–H groups in total. The van der Waals surface area contributed by atoms with Crippen molar-refractivity contribution < 1.29 is 18.7 Å². The van der Waals surface area contributed by atoms with E-state index in [1.54, 1.807) is 12.1 Å². The second kappa shape index (κ2) is 10.0. The number of fused-ring (bicyclic) bond motifs is 1. The Morgan fingerprint density at radius 3 is 2.50 bits per heavy atom. The van der Waals surface area contributed by atoms with Crippen molar-refractivity contribution in [3.63, 3.8) is 0 Å². The predicted molar refractivity (Wildman–Crippen MR) is 131 cm³/mol. The van der Waals surface area contributed by atoms with Crippen molar-refractivity contribution >= 4 is 23.2 Å². The second-order valence-electron chi connectivity index (χ2n) is 9.83. The zero-order chi connectivity index (χ0) is 24.3. The van der Waals surface area contributed by atoms with E-state index >= 15 is 0 Å². The zero-order valence-electron chi connectivity index (χ0n) is 20.1. The van der Waals surface area contributed by atoms with Crippen LogP contribution in [0.3, 0.4) is 0 Å². The summed E-state index contributed by atoms with van der Waals surface area (Å²) in [5.41, 5.74) is 2.27. The molecule has 1 fully saturated rings. The molecule has 0 radical (unpaired) electrons. The first-order chi connectivity index (χ1) is 16.2. The second-order valence-corrected chi connectivity index (χ2v) is 9.83. The van der Waals surface area contributed by atoms with Crippen molar-refractivity contribution in [1.29, 1.82) is 0 Å². The Labute approximate surface area is 200 Å². The van der Waals surface area contributed by atoms with Gasteiger partial charge in [-0.05, 0) is 35.2 Å². The van der Waals surface area contributed by atoms with Crippen LogP contribution in [0.25, 0.3) is 0 Å². The molecule has 0 saturated carbocycles. The number of ether oxygens (including phenoxy) is 1. The van der Waals surface area contributed by atoms with Crippen molar-refractivity contribution in [2.24, 2.45) is 0 Å². The smallest absolute Gasteiger partial charge is 0.265 e. The number of nitrogens with zero attached hydrogens (tertiary/aromatic N) is 3. The van der Waals surface area contributed by atoms with E-state index in [9.17, 15) is 14.0 Å². The van der Waals surface area contributed by atoms with E-state index in [2.05, 4.69) is 35.9 Å². The van der Waals surface area contributed by atoms with Gasteiger partial charge in [0.25, 0.3) is 5.91 Å². The summed E-state index contributed by atoms with van der Waals surface area (Å²) < 4.78 is 19.6. The van der Waals surface area contributed by atoms with Gasteiger partial charge in [-0.25, -0.2) is 4.39 Å². The summed E-state index contributed by atoms with van der Waals surface area (Å²) >= 11 is 0. The van der Waals surface area contributed by atoms with E-state index in [-0.39, 0.29) is 36.2 Å². The maximum atomic E-state index is 14.0. The van der Waals surface area contributed by atoms with Gasteiger partial charge in [-0.15, -0.1) is 0 Å². The third-order valence-corrected chi connectivity index (χ3v) is 6.39. The highest BCUT2D eigenvalue weighted by atomic mass is 19.1.